The van der Waals surface area contributed by atoms with E-state index in [1.807, 2.05) is 42.5 Å². The molecular formula is C27H30N2O5. The Kier molecular flexibility index (Phi) is 10.0. The van der Waals surface area contributed by atoms with Gasteiger partial charge in [-0.1, -0.05) is 78.4 Å². The van der Waals surface area contributed by atoms with Crippen molar-refractivity contribution in [3.8, 4) is 5.75 Å². The van der Waals surface area contributed by atoms with Gasteiger partial charge in [0.1, 0.15) is 12.4 Å². The molecule has 0 fully saturated rings. The molecular weight excluding hydrogens is 432 g/mol. The third-order valence-electron chi connectivity index (χ3n) is 5.05. The van der Waals surface area contributed by atoms with Crippen LogP contribution in [0, 0.1) is 6.92 Å². The summed E-state index contributed by atoms with van der Waals surface area (Å²) in [6.07, 6.45) is 1.76. The molecule has 0 saturated carbocycles. The van der Waals surface area contributed by atoms with Crippen LogP contribution in [0.3, 0.4) is 0 Å². The molecule has 3 aromatic carbocycles. The van der Waals surface area contributed by atoms with Gasteiger partial charge in [0.05, 0.1) is 5.54 Å². The number of aryl methyl sites for hydroxylation is 1. The molecule has 0 spiro atoms. The molecule has 1 atom stereocenters. The number of rotatable bonds is 9. The standard InChI is InChI=1S/C23H26N2O.C4H4O4/c1-18-12-13-22(26-17-19-8-4-2-5-9-19)21(16-18)23(25,14-15-24)20-10-6-3-7-11-20;5-3(6)1-2-4(7)8/h2-13,16H,14-15,17,24-25H2,1H3;1-2H,(H,5,6)(H,7,8)/b;2-1+. The van der Waals surface area contributed by atoms with E-state index < -0.39 is 17.5 Å². The normalized spacial score (nSPS) is 12.3. The first-order valence-electron chi connectivity index (χ1n) is 10.7. The molecule has 0 aliphatic rings. The van der Waals surface area contributed by atoms with Crippen LogP contribution in [0.25, 0.3) is 0 Å². The zero-order valence-electron chi connectivity index (χ0n) is 19.1. The molecule has 0 aromatic heterocycles. The highest BCUT2D eigenvalue weighted by Gasteiger charge is 2.32. The van der Waals surface area contributed by atoms with E-state index in [4.69, 9.17) is 26.4 Å². The highest BCUT2D eigenvalue weighted by atomic mass is 16.5. The highest BCUT2D eigenvalue weighted by molar-refractivity contribution is 5.89. The number of nitrogens with two attached hydrogens (primary N) is 2. The van der Waals surface area contributed by atoms with Crippen molar-refractivity contribution in [2.24, 2.45) is 11.5 Å². The average molecular weight is 463 g/mol. The zero-order chi connectivity index (χ0) is 25.0. The summed E-state index contributed by atoms with van der Waals surface area (Å²) in [6, 6.07) is 26.4. The second kappa shape index (κ2) is 12.9. The molecule has 0 amide bonds. The minimum Gasteiger partial charge on any atom is -0.489 e. The van der Waals surface area contributed by atoms with Crippen LogP contribution in [0.5, 0.6) is 5.75 Å². The molecule has 0 bridgehead atoms. The molecule has 0 radical (unpaired) electrons. The number of benzene rings is 3. The van der Waals surface area contributed by atoms with Crippen molar-refractivity contribution in [3.63, 3.8) is 0 Å². The van der Waals surface area contributed by atoms with Gasteiger partial charge in [-0.05, 0) is 37.1 Å². The quantitative estimate of drug-likeness (QED) is 0.355. The van der Waals surface area contributed by atoms with E-state index in [0.717, 1.165) is 28.0 Å². The number of ether oxygens (including phenoxy) is 1. The fraction of sp³-hybridized carbons (Fsp3) is 0.185. The largest absolute Gasteiger partial charge is 0.489 e. The van der Waals surface area contributed by atoms with E-state index in [9.17, 15) is 9.59 Å². The van der Waals surface area contributed by atoms with Crippen molar-refractivity contribution < 1.29 is 24.5 Å². The molecule has 3 aromatic rings. The van der Waals surface area contributed by atoms with E-state index in [-0.39, 0.29) is 0 Å². The summed E-state index contributed by atoms with van der Waals surface area (Å²) in [5, 5.41) is 15.6. The minimum atomic E-state index is -1.26. The lowest BCUT2D eigenvalue weighted by Crippen LogP contribution is -2.40. The van der Waals surface area contributed by atoms with Crippen LogP contribution >= 0.6 is 0 Å². The van der Waals surface area contributed by atoms with Gasteiger partial charge in [-0.25, -0.2) is 9.59 Å². The van der Waals surface area contributed by atoms with Crippen molar-refractivity contribution >= 4 is 11.9 Å². The predicted octanol–water partition coefficient (Wildman–Crippen LogP) is 3.84. The lowest BCUT2D eigenvalue weighted by atomic mass is 9.80. The molecule has 0 aliphatic carbocycles. The summed E-state index contributed by atoms with van der Waals surface area (Å²) < 4.78 is 6.17. The Labute approximate surface area is 199 Å². The van der Waals surface area contributed by atoms with Crippen LogP contribution in [0.1, 0.15) is 28.7 Å². The number of hydrogen-bond acceptors (Lipinski definition) is 5. The summed E-state index contributed by atoms with van der Waals surface area (Å²) in [7, 11) is 0. The molecule has 1 unspecified atom stereocenters. The van der Waals surface area contributed by atoms with Crippen molar-refractivity contribution in [1.82, 2.24) is 0 Å². The summed E-state index contributed by atoms with van der Waals surface area (Å²) >= 11 is 0. The maximum Gasteiger partial charge on any atom is 0.328 e. The lowest BCUT2D eigenvalue weighted by Gasteiger charge is -2.32. The molecule has 7 heteroatoms. The molecule has 0 saturated heterocycles. The van der Waals surface area contributed by atoms with Crippen molar-refractivity contribution in [2.45, 2.75) is 25.5 Å². The van der Waals surface area contributed by atoms with Crippen LogP contribution in [0.4, 0.5) is 0 Å². The van der Waals surface area contributed by atoms with Crippen LogP contribution < -0.4 is 16.2 Å². The summed E-state index contributed by atoms with van der Waals surface area (Å²) in [5.74, 6) is -1.71. The summed E-state index contributed by atoms with van der Waals surface area (Å²) in [4.78, 5) is 19.1. The number of carboxylic acid groups (broad SMARTS) is 2. The third kappa shape index (κ3) is 7.88. The van der Waals surface area contributed by atoms with E-state index in [1.165, 1.54) is 0 Å². The first-order valence-corrected chi connectivity index (χ1v) is 10.7. The monoisotopic (exact) mass is 462 g/mol. The average Bonchev–Trinajstić information content (AvgIpc) is 2.83. The Morgan fingerprint density at radius 2 is 1.47 bits per heavy atom. The van der Waals surface area contributed by atoms with Gasteiger partial charge >= 0.3 is 11.9 Å². The maximum absolute atomic E-state index is 9.55. The molecule has 34 heavy (non-hydrogen) atoms. The van der Waals surface area contributed by atoms with Crippen LogP contribution in [0.15, 0.2) is 91.0 Å². The second-order valence-corrected chi connectivity index (χ2v) is 7.66. The number of hydrogen-bond donors (Lipinski definition) is 4. The maximum atomic E-state index is 9.55. The van der Waals surface area contributed by atoms with E-state index in [0.29, 0.717) is 31.7 Å². The van der Waals surface area contributed by atoms with Gasteiger partial charge in [0.15, 0.2) is 0 Å². The molecule has 0 heterocycles. The fourth-order valence-electron chi connectivity index (χ4n) is 3.39. The Balaban J connectivity index is 0.000000440. The Morgan fingerprint density at radius 1 is 0.912 bits per heavy atom. The smallest absolute Gasteiger partial charge is 0.328 e. The van der Waals surface area contributed by atoms with E-state index in [2.05, 4.69) is 43.3 Å². The number of aliphatic carboxylic acids is 2. The van der Waals surface area contributed by atoms with Gasteiger partial charge < -0.3 is 26.4 Å². The van der Waals surface area contributed by atoms with Crippen LogP contribution in [-0.4, -0.2) is 28.7 Å². The second-order valence-electron chi connectivity index (χ2n) is 7.66. The topological polar surface area (TPSA) is 136 Å². The van der Waals surface area contributed by atoms with Gasteiger partial charge in [0.2, 0.25) is 0 Å². The summed E-state index contributed by atoms with van der Waals surface area (Å²) in [5.41, 5.74) is 16.5. The van der Waals surface area contributed by atoms with Crippen molar-refractivity contribution in [3.05, 3.63) is 113 Å². The van der Waals surface area contributed by atoms with E-state index in [1.54, 1.807) is 0 Å². The molecule has 178 valence electrons. The first kappa shape index (κ1) is 26.3. The van der Waals surface area contributed by atoms with Gasteiger partial charge in [-0.2, -0.15) is 0 Å². The molecule has 7 nitrogen and oxygen atoms in total. The Bertz CT molecular complexity index is 1080. The highest BCUT2D eigenvalue weighted by Crippen LogP contribution is 2.37. The zero-order valence-corrected chi connectivity index (χ0v) is 19.1. The third-order valence-corrected chi connectivity index (χ3v) is 5.05. The van der Waals surface area contributed by atoms with Gasteiger partial charge in [0, 0.05) is 17.7 Å². The van der Waals surface area contributed by atoms with Crippen LogP contribution in [0.2, 0.25) is 0 Å². The predicted molar refractivity (Wildman–Crippen MR) is 131 cm³/mol. The first-order chi connectivity index (χ1) is 16.3. The van der Waals surface area contributed by atoms with Crippen molar-refractivity contribution in [2.75, 3.05) is 6.54 Å². The lowest BCUT2D eigenvalue weighted by molar-refractivity contribution is -0.134. The molecule has 6 N–H and O–H groups in total. The van der Waals surface area contributed by atoms with Crippen LogP contribution in [-0.2, 0) is 21.7 Å². The SMILES string of the molecule is Cc1ccc(OCc2ccccc2)c(C(N)(CCN)c2ccccc2)c1.O=C(O)/C=C/C(=O)O. The molecule has 3 rings (SSSR count). The Hall–Kier alpha value is -3.94. The minimum absolute atomic E-state index is 0.497. The summed E-state index contributed by atoms with van der Waals surface area (Å²) in [6.45, 7) is 3.07. The van der Waals surface area contributed by atoms with Gasteiger partial charge in [-0.15, -0.1) is 0 Å². The van der Waals surface area contributed by atoms with E-state index >= 15 is 0 Å². The Morgan fingerprint density at radius 3 is 2.00 bits per heavy atom. The van der Waals surface area contributed by atoms with Crippen molar-refractivity contribution in [1.29, 1.82) is 0 Å². The number of carbonyl (C=O) groups is 2. The van der Waals surface area contributed by atoms with Gasteiger partial charge in [0.25, 0.3) is 0 Å². The number of carboxylic acids is 2. The van der Waals surface area contributed by atoms with Gasteiger partial charge in [-0.3, -0.25) is 0 Å². The molecule has 0 aliphatic heterocycles. The fourth-order valence-corrected chi connectivity index (χ4v) is 3.39.